The van der Waals surface area contributed by atoms with Crippen molar-refractivity contribution in [1.29, 1.82) is 0 Å². The van der Waals surface area contributed by atoms with Crippen molar-refractivity contribution in [2.75, 3.05) is 0 Å². The molecule has 6 aliphatic rings. The van der Waals surface area contributed by atoms with Crippen molar-refractivity contribution in [2.45, 2.75) is 76.4 Å². The number of rotatable bonds is 1. The minimum Gasteiger partial charge on any atom is -0.399 e. The molecule has 0 atom stereocenters. The fraction of sp³-hybridized carbons (Fsp3) is 0.500. The molecule has 3 aromatic rings. The third-order valence-corrected chi connectivity index (χ3v) is 11.1. The molecule has 0 N–H and O–H groups in total. The highest BCUT2D eigenvalue weighted by Crippen LogP contribution is 2.70. The van der Waals surface area contributed by atoms with Crippen molar-refractivity contribution in [3.63, 3.8) is 0 Å². The van der Waals surface area contributed by atoms with E-state index in [1.54, 1.807) is 11.1 Å². The largest absolute Gasteiger partial charge is 0.495 e. The summed E-state index contributed by atoms with van der Waals surface area (Å²) in [6.45, 7) is 8.65. The summed E-state index contributed by atoms with van der Waals surface area (Å²) in [6.07, 6.45) is 7.07. The Kier molecular flexibility index (Phi) is 3.97. The molecule has 5 aliphatic carbocycles. The molecule has 35 heavy (non-hydrogen) atoms. The quantitative estimate of drug-likeness (QED) is 0.368. The van der Waals surface area contributed by atoms with Crippen LogP contribution in [0.25, 0.3) is 21.9 Å². The van der Waals surface area contributed by atoms with Crippen LogP contribution in [0.2, 0.25) is 0 Å². The van der Waals surface area contributed by atoms with Crippen LogP contribution in [0.4, 0.5) is 0 Å². The molecule has 1 aliphatic heterocycles. The summed E-state index contributed by atoms with van der Waals surface area (Å²) in [6, 6.07) is 20.9. The second-order valence-corrected chi connectivity index (χ2v) is 13.2. The fourth-order valence-corrected chi connectivity index (χ4v) is 9.22. The molecule has 1 saturated heterocycles. The molecule has 4 bridgehead atoms. The molecule has 0 aromatic heterocycles. The molecule has 0 amide bonds. The zero-order chi connectivity index (χ0) is 23.7. The van der Waals surface area contributed by atoms with Crippen LogP contribution in [0.5, 0.6) is 0 Å². The minimum absolute atomic E-state index is 0.137. The highest BCUT2D eigenvalue weighted by Gasteiger charge is 2.63. The predicted molar refractivity (Wildman–Crippen MR) is 143 cm³/mol. The SMILES string of the molecule is CC1(C)OB(c2cccc3c2-c2ccc4ccccc4c2C32C3CC4CC(C3)CC2C4)OC1(C)C. The van der Waals surface area contributed by atoms with Gasteiger partial charge in [-0.25, -0.2) is 0 Å². The summed E-state index contributed by atoms with van der Waals surface area (Å²) in [5.74, 6) is 3.38. The number of hydrogen-bond acceptors (Lipinski definition) is 2. The van der Waals surface area contributed by atoms with Crippen molar-refractivity contribution in [3.05, 3.63) is 65.7 Å². The average molecular weight is 462 g/mol. The Balaban J connectivity index is 1.43. The van der Waals surface area contributed by atoms with Crippen molar-refractivity contribution < 1.29 is 9.31 Å². The van der Waals surface area contributed by atoms with E-state index < -0.39 is 0 Å². The Morgan fingerprint density at radius 1 is 0.714 bits per heavy atom. The van der Waals surface area contributed by atoms with Gasteiger partial charge < -0.3 is 9.31 Å². The van der Waals surface area contributed by atoms with Gasteiger partial charge in [-0.2, -0.15) is 0 Å². The molecule has 3 aromatic carbocycles. The molecule has 2 nitrogen and oxygen atoms in total. The minimum atomic E-state index is -0.342. The van der Waals surface area contributed by atoms with E-state index >= 15 is 0 Å². The Morgan fingerprint density at radius 2 is 1.37 bits per heavy atom. The Labute approximate surface area is 209 Å². The van der Waals surface area contributed by atoms with E-state index in [9.17, 15) is 0 Å². The van der Waals surface area contributed by atoms with E-state index in [0.717, 1.165) is 23.7 Å². The van der Waals surface area contributed by atoms with Crippen LogP contribution < -0.4 is 5.46 Å². The molecule has 5 fully saturated rings. The summed E-state index contributed by atoms with van der Waals surface area (Å²) in [7, 11) is -0.332. The fourth-order valence-electron chi connectivity index (χ4n) is 9.22. The lowest BCUT2D eigenvalue weighted by molar-refractivity contribution is -0.0393. The molecule has 3 heteroatoms. The Morgan fingerprint density at radius 3 is 2.06 bits per heavy atom. The smallest absolute Gasteiger partial charge is 0.399 e. The van der Waals surface area contributed by atoms with Crippen LogP contribution >= 0.6 is 0 Å². The topological polar surface area (TPSA) is 18.5 Å². The summed E-state index contributed by atoms with van der Waals surface area (Å²) in [5.41, 5.74) is 6.74. The lowest BCUT2D eigenvalue weighted by Crippen LogP contribution is -2.55. The molecule has 178 valence electrons. The first kappa shape index (κ1) is 21.0. The van der Waals surface area contributed by atoms with Gasteiger partial charge in [0.05, 0.1) is 11.2 Å². The molecule has 4 saturated carbocycles. The van der Waals surface area contributed by atoms with Crippen molar-refractivity contribution in [1.82, 2.24) is 0 Å². The maximum Gasteiger partial charge on any atom is 0.495 e. The van der Waals surface area contributed by atoms with Crippen molar-refractivity contribution in [3.8, 4) is 11.1 Å². The molecular weight excluding hydrogens is 427 g/mol. The molecule has 1 spiro atoms. The van der Waals surface area contributed by atoms with E-state index in [-0.39, 0.29) is 23.7 Å². The first-order valence-electron chi connectivity index (χ1n) is 13.8. The maximum absolute atomic E-state index is 6.65. The van der Waals surface area contributed by atoms with Gasteiger partial charge in [-0.3, -0.25) is 0 Å². The highest BCUT2D eigenvalue weighted by atomic mass is 16.7. The van der Waals surface area contributed by atoms with Gasteiger partial charge in [0.1, 0.15) is 0 Å². The third-order valence-electron chi connectivity index (χ3n) is 11.1. The number of hydrogen-bond donors (Lipinski definition) is 0. The standard InChI is InChI=1S/C32H35BO2/c1-30(2)31(3,4)35-33(34-30)27-11-7-10-26-28(27)25-13-12-21-8-5-6-9-24(21)29(25)32(26)22-15-19-14-20(17-22)18-23(32)16-19/h5-13,19-20,22-23H,14-18H2,1-4H3. The second-order valence-electron chi connectivity index (χ2n) is 13.2. The van der Waals surface area contributed by atoms with Crippen LogP contribution in [0.15, 0.2) is 54.6 Å². The Hall–Kier alpha value is -2.10. The normalized spacial score (nSPS) is 35.1. The van der Waals surface area contributed by atoms with Crippen molar-refractivity contribution in [2.24, 2.45) is 23.7 Å². The van der Waals surface area contributed by atoms with Gasteiger partial charge in [0.25, 0.3) is 0 Å². The van der Waals surface area contributed by atoms with Crippen LogP contribution in [0.3, 0.4) is 0 Å². The molecular formula is C32H35BO2. The molecule has 1 heterocycles. The van der Waals surface area contributed by atoms with Gasteiger partial charge in [0.15, 0.2) is 0 Å². The zero-order valence-electron chi connectivity index (χ0n) is 21.4. The van der Waals surface area contributed by atoms with E-state index in [0.29, 0.717) is 0 Å². The molecule has 9 rings (SSSR count). The molecule has 0 unspecified atom stereocenters. The van der Waals surface area contributed by atoms with Gasteiger partial charge in [-0.1, -0.05) is 54.6 Å². The number of fused-ring (bicyclic) bond motifs is 5. The average Bonchev–Trinajstić information content (AvgIpc) is 3.24. The van der Waals surface area contributed by atoms with Crippen LogP contribution in [0.1, 0.15) is 70.9 Å². The molecule has 0 radical (unpaired) electrons. The van der Waals surface area contributed by atoms with Gasteiger partial charge in [0, 0.05) is 5.41 Å². The maximum atomic E-state index is 6.65. The number of benzene rings is 3. The van der Waals surface area contributed by atoms with E-state index in [1.165, 1.54) is 59.5 Å². The first-order valence-corrected chi connectivity index (χ1v) is 13.8. The summed E-state index contributed by atoms with van der Waals surface area (Å²) < 4.78 is 13.3. The van der Waals surface area contributed by atoms with Crippen LogP contribution in [0, 0.1) is 23.7 Å². The Bertz CT molecular complexity index is 1340. The van der Waals surface area contributed by atoms with Gasteiger partial charge in [0.2, 0.25) is 0 Å². The van der Waals surface area contributed by atoms with Gasteiger partial charge >= 0.3 is 7.12 Å². The third kappa shape index (κ3) is 2.50. The monoisotopic (exact) mass is 462 g/mol. The second kappa shape index (κ2) is 6.61. The first-order chi connectivity index (χ1) is 16.8. The van der Waals surface area contributed by atoms with E-state index in [2.05, 4.69) is 82.3 Å². The summed E-state index contributed by atoms with van der Waals surface area (Å²) >= 11 is 0. The van der Waals surface area contributed by atoms with E-state index in [4.69, 9.17) is 9.31 Å². The predicted octanol–water partition coefficient (Wildman–Crippen LogP) is 6.86. The van der Waals surface area contributed by atoms with Crippen molar-refractivity contribution >= 4 is 23.4 Å². The van der Waals surface area contributed by atoms with Crippen LogP contribution in [-0.2, 0) is 14.7 Å². The van der Waals surface area contributed by atoms with Crippen LogP contribution in [-0.4, -0.2) is 18.3 Å². The van der Waals surface area contributed by atoms with E-state index in [1.807, 2.05) is 0 Å². The summed E-state index contributed by atoms with van der Waals surface area (Å²) in [5, 5.41) is 2.85. The lowest BCUT2D eigenvalue weighted by atomic mass is 9.43. The lowest BCUT2D eigenvalue weighted by Gasteiger charge is -2.61. The zero-order valence-corrected chi connectivity index (χ0v) is 21.4. The van der Waals surface area contributed by atoms with Gasteiger partial charge in [-0.05, 0) is 122 Å². The summed E-state index contributed by atoms with van der Waals surface area (Å²) in [4.78, 5) is 0. The van der Waals surface area contributed by atoms with Gasteiger partial charge in [-0.15, -0.1) is 0 Å². The highest BCUT2D eigenvalue weighted by molar-refractivity contribution is 6.64.